The van der Waals surface area contributed by atoms with Crippen LogP contribution in [0.3, 0.4) is 0 Å². The molecule has 1 aliphatic rings. The second-order valence-electron chi connectivity index (χ2n) is 8.67. The number of hydrogen-bond acceptors (Lipinski definition) is 5. The molecule has 1 aromatic carbocycles. The maximum absolute atomic E-state index is 14.0. The van der Waals surface area contributed by atoms with Crippen molar-refractivity contribution in [3.05, 3.63) is 58.7 Å². The molecule has 12 heteroatoms. The number of fused-ring (bicyclic) bond motifs is 2. The summed E-state index contributed by atoms with van der Waals surface area (Å²) in [7, 11) is 4.53. The van der Waals surface area contributed by atoms with Crippen LogP contribution in [-0.4, -0.2) is 49.0 Å². The number of benzene rings is 1. The van der Waals surface area contributed by atoms with E-state index in [1.807, 2.05) is 0 Å². The van der Waals surface area contributed by atoms with E-state index in [2.05, 4.69) is 15.2 Å². The van der Waals surface area contributed by atoms with E-state index >= 15 is 0 Å². The van der Waals surface area contributed by atoms with Crippen molar-refractivity contribution in [2.75, 3.05) is 13.7 Å². The fourth-order valence-electron chi connectivity index (χ4n) is 4.78. The van der Waals surface area contributed by atoms with Crippen molar-refractivity contribution in [3.8, 4) is 17.3 Å². The maximum Gasteiger partial charge on any atom is 0.435 e. The number of rotatable bonds is 3. The lowest BCUT2D eigenvalue weighted by atomic mass is 9.96. The normalized spacial score (nSPS) is 15.9. The van der Waals surface area contributed by atoms with Gasteiger partial charge in [0.05, 0.1) is 41.3 Å². The zero-order valence-electron chi connectivity index (χ0n) is 19.9. The van der Waals surface area contributed by atoms with Crippen molar-refractivity contribution >= 4 is 16.8 Å². The number of hydrogen-bond donors (Lipinski definition) is 0. The average Bonchev–Trinajstić information content (AvgIpc) is 3.37. The molecule has 0 saturated heterocycles. The number of methoxy groups -OCH3 is 1. The third-order valence-corrected chi connectivity index (χ3v) is 6.50. The molecule has 0 saturated carbocycles. The Hall–Kier alpha value is -3.96. The van der Waals surface area contributed by atoms with Crippen LogP contribution in [0, 0.1) is 5.82 Å². The molecule has 36 heavy (non-hydrogen) atoms. The Morgan fingerprint density at radius 2 is 1.86 bits per heavy atom. The second kappa shape index (κ2) is 8.32. The van der Waals surface area contributed by atoms with Gasteiger partial charge in [-0.15, -0.1) is 0 Å². The molecule has 0 radical (unpaired) electrons. The van der Waals surface area contributed by atoms with Gasteiger partial charge in [0.1, 0.15) is 5.82 Å². The van der Waals surface area contributed by atoms with Crippen molar-refractivity contribution in [2.24, 2.45) is 14.1 Å². The fraction of sp³-hybridized carbons (Fsp3) is 0.333. The lowest BCUT2D eigenvalue weighted by molar-refractivity contribution is -0.141. The van der Waals surface area contributed by atoms with E-state index in [1.165, 1.54) is 47.8 Å². The molecule has 5 rings (SSSR count). The Labute approximate surface area is 203 Å². The Bertz CT molecular complexity index is 1510. The molecule has 4 heterocycles. The molecular weight excluding hydrogens is 480 g/mol. The van der Waals surface area contributed by atoms with E-state index in [4.69, 9.17) is 4.74 Å². The van der Waals surface area contributed by atoms with Crippen LogP contribution < -0.4 is 4.74 Å². The summed E-state index contributed by atoms with van der Waals surface area (Å²) in [5.74, 6) is -0.627. The van der Waals surface area contributed by atoms with Crippen molar-refractivity contribution in [3.63, 3.8) is 0 Å². The summed E-state index contributed by atoms with van der Waals surface area (Å²) >= 11 is 0. The van der Waals surface area contributed by atoms with Crippen LogP contribution in [0.2, 0.25) is 0 Å². The van der Waals surface area contributed by atoms with Crippen molar-refractivity contribution in [1.29, 1.82) is 0 Å². The van der Waals surface area contributed by atoms with E-state index < -0.39 is 23.7 Å². The summed E-state index contributed by atoms with van der Waals surface area (Å²) in [6.07, 6.45) is -4.20. The van der Waals surface area contributed by atoms with Gasteiger partial charge in [-0.2, -0.15) is 23.4 Å². The minimum absolute atomic E-state index is 0.222. The van der Waals surface area contributed by atoms with Gasteiger partial charge in [0.25, 0.3) is 5.91 Å². The van der Waals surface area contributed by atoms with Crippen LogP contribution in [0.5, 0.6) is 5.88 Å². The monoisotopic (exact) mass is 502 g/mol. The molecule has 1 atom stereocenters. The van der Waals surface area contributed by atoms with Crippen LogP contribution in [-0.2, 0) is 26.7 Å². The van der Waals surface area contributed by atoms with E-state index in [-0.39, 0.29) is 29.6 Å². The first-order chi connectivity index (χ1) is 17.0. The molecule has 0 spiro atoms. The minimum Gasteiger partial charge on any atom is -0.481 e. The zero-order chi connectivity index (χ0) is 25.9. The number of pyridine rings is 1. The molecule has 1 amide bonds. The molecule has 3 aromatic heterocycles. The van der Waals surface area contributed by atoms with Gasteiger partial charge in [0.15, 0.2) is 5.69 Å². The lowest BCUT2D eigenvalue weighted by Crippen LogP contribution is -2.39. The number of aromatic nitrogens is 5. The molecule has 0 N–H and O–H groups in total. The first-order valence-electron chi connectivity index (χ1n) is 11.1. The van der Waals surface area contributed by atoms with Crippen LogP contribution in [0.4, 0.5) is 17.6 Å². The summed E-state index contributed by atoms with van der Waals surface area (Å²) in [6, 6.07) is 5.99. The highest BCUT2D eigenvalue weighted by atomic mass is 19.4. The molecule has 4 aromatic rings. The van der Waals surface area contributed by atoms with Gasteiger partial charge < -0.3 is 9.64 Å². The van der Waals surface area contributed by atoms with Crippen LogP contribution in [0.25, 0.3) is 22.3 Å². The van der Waals surface area contributed by atoms with Gasteiger partial charge in [0.2, 0.25) is 5.88 Å². The summed E-state index contributed by atoms with van der Waals surface area (Å²) < 4.78 is 61.7. The Balaban J connectivity index is 1.55. The van der Waals surface area contributed by atoms with Crippen LogP contribution >= 0.6 is 0 Å². The van der Waals surface area contributed by atoms with Crippen LogP contribution in [0.15, 0.2) is 30.3 Å². The Morgan fingerprint density at radius 1 is 1.11 bits per heavy atom. The molecule has 1 aliphatic heterocycles. The topological polar surface area (TPSA) is 78.1 Å². The minimum atomic E-state index is -4.57. The first-order valence-corrected chi connectivity index (χ1v) is 11.1. The molecule has 188 valence electrons. The Kier molecular flexibility index (Phi) is 5.49. The second-order valence-corrected chi connectivity index (χ2v) is 8.67. The van der Waals surface area contributed by atoms with E-state index in [0.717, 1.165) is 11.6 Å². The highest BCUT2D eigenvalue weighted by Crippen LogP contribution is 2.38. The average molecular weight is 502 g/mol. The lowest BCUT2D eigenvalue weighted by Gasteiger charge is -2.33. The highest BCUT2D eigenvalue weighted by molar-refractivity contribution is 6.06. The number of amides is 1. The van der Waals surface area contributed by atoms with E-state index in [1.54, 1.807) is 18.9 Å². The number of alkyl halides is 3. The largest absolute Gasteiger partial charge is 0.481 e. The summed E-state index contributed by atoms with van der Waals surface area (Å²) in [4.78, 5) is 19.6. The number of aryl methyl sites for hydroxylation is 2. The number of nitrogens with zero attached hydrogens (tertiary/aromatic N) is 6. The molecule has 0 unspecified atom stereocenters. The molecule has 0 bridgehead atoms. The van der Waals surface area contributed by atoms with Gasteiger partial charge in [-0.25, -0.2) is 9.37 Å². The maximum atomic E-state index is 14.0. The van der Waals surface area contributed by atoms with E-state index in [0.29, 0.717) is 28.7 Å². The van der Waals surface area contributed by atoms with Gasteiger partial charge in [0, 0.05) is 37.7 Å². The van der Waals surface area contributed by atoms with Crippen molar-refractivity contribution in [1.82, 2.24) is 29.4 Å². The predicted octanol–water partition coefficient (Wildman–Crippen LogP) is 4.29. The highest BCUT2D eigenvalue weighted by Gasteiger charge is 2.38. The molecule has 8 nitrogen and oxygen atoms in total. The van der Waals surface area contributed by atoms with Crippen LogP contribution in [0.1, 0.15) is 40.3 Å². The standard InChI is InChI=1S/C24H22F4N6O2/c1-12-21-14(22(33(3)31-21)18-11-19(24(26,27)28)30-32(18)2)7-8-34(12)23(35)16-10-20(36-4)29-17-6-5-13(25)9-15(16)17/h5-6,9-12H,7-8H2,1-4H3/t12-/m0/s1. The van der Waals surface area contributed by atoms with Gasteiger partial charge in [-0.1, -0.05) is 0 Å². The first kappa shape index (κ1) is 23.8. The third-order valence-electron chi connectivity index (χ3n) is 6.50. The number of carbonyl (C=O) groups excluding carboxylic acids is 1. The van der Waals surface area contributed by atoms with Crippen molar-refractivity contribution in [2.45, 2.75) is 25.6 Å². The summed E-state index contributed by atoms with van der Waals surface area (Å²) in [6.45, 7) is 2.09. The van der Waals surface area contributed by atoms with Crippen molar-refractivity contribution < 1.29 is 27.1 Å². The number of carbonyl (C=O) groups is 1. The van der Waals surface area contributed by atoms with Gasteiger partial charge in [-0.05, 0) is 37.6 Å². The quantitative estimate of drug-likeness (QED) is 0.391. The fourth-order valence-corrected chi connectivity index (χ4v) is 4.78. The molecule has 0 fully saturated rings. The van der Waals surface area contributed by atoms with Gasteiger partial charge >= 0.3 is 6.18 Å². The molecular formula is C24H22F4N6O2. The summed E-state index contributed by atoms with van der Waals surface area (Å²) in [5.41, 5.74) is 1.82. The number of halogens is 4. The summed E-state index contributed by atoms with van der Waals surface area (Å²) in [5, 5.41) is 8.54. The Morgan fingerprint density at radius 3 is 2.53 bits per heavy atom. The third kappa shape index (κ3) is 3.76. The van der Waals surface area contributed by atoms with E-state index in [9.17, 15) is 22.4 Å². The van der Waals surface area contributed by atoms with Gasteiger partial charge in [-0.3, -0.25) is 14.2 Å². The number of ether oxygens (including phenoxy) is 1. The predicted molar refractivity (Wildman–Crippen MR) is 122 cm³/mol. The SMILES string of the molecule is COc1cc(C(=O)N2CCc3c(nn(C)c3-c3cc(C(F)(F)F)nn3C)[C@@H]2C)c2cc(F)ccc2n1. The molecule has 0 aliphatic carbocycles. The smallest absolute Gasteiger partial charge is 0.435 e. The zero-order valence-corrected chi connectivity index (χ0v) is 19.9.